The maximum absolute atomic E-state index is 13.4. The summed E-state index contributed by atoms with van der Waals surface area (Å²) >= 11 is 17.5. The van der Waals surface area contributed by atoms with Crippen molar-refractivity contribution in [1.29, 1.82) is 5.26 Å². The quantitative estimate of drug-likeness (QED) is 0.631. The fourth-order valence-electron chi connectivity index (χ4n) is 1.96. The number of hydrogen-bond acceptors (Lipinski definition) is 2. The number of hydrogen-bond donors (Lipinski definition) is 0. The van der Waals surface area contributed by atoms with Crippen LogP contribution in [0.3, 0.4) is 0 Å². The molecule has 8 heteroatoms. The Morgan fingerprint density at radius 1 is 1.14 bits per heavy atom. The second-order valence-electron chi connectivity index (χ2n) is 4.28. The summed E-state index contributed by atoms with van der Waals surface area (Å²) in [7, 11) is 0. The molecular weight excluding hydrogens is 360 g/mol. The molecule has 0 unspecified atom stereocenters. The van der Waals surface area contributed by atoms with Gasteiger partial charge in [-0.1, -0.05) is 34.8 Å². The number of nitrogens with zero attached hydrogens (tertiary/aromatic N) is 2. The van der Waals surface area contributed by atoms with E-state index in [9.17, 15) is 13.2 Å². The molecule has 0 spiro atoms. The maximum atomic E-state index is 13.4. The highest BCUT2D eigenvalue weighted by molar-refractivity contribution is 6.48. The van der Waals surface area contributed by atoms with Gasteiger partial charge in [0.05, 0.1) is 38.8 Å². The molecule has 0 radical (unpaired) electrons. The van der Waals surface area contributed by atoms with Crippen LogP contribution >= 0.6 is 34.8 Å². The van der Waals surface area contributed by atoms with Gasteiger partial charge in [-0.25, -0.2) is 0 Å². The third kappa shape index (κ3) is 3.30. The van der Waals surface area contributed by atoms with E-state index in [1.807, 2.05) is 0 Å². The second kappa shape index (κ2) is 6.33. The Morgan fingerprint density at radius 2 is 1.73 bits per heavy atom. The highest BCUT2D eigenvalue weighted by atomic mass is 35.5. The van der Waals surface area contributed by atoms with Crippen molar-refractivity contribution in [2.75, 3.05) is 0 Å². The zero-order valence-corrected chi connectivity index (χ0v) is 12.9. The number of aromatic nitrogens is 1. The van der Waals surface area contributed by atoms with Gasteiger partial charge >= 0.3 is 6.18 Å². The Balaban J connectivity index is 2.76. The van der Waals surface area contributed by atoms with Gasteiger partial charge in [-0.05, 0) is 23.8 Å². The average Bonchev–Trinajstić information content (AvgIpc) is 2.43. The number of benzene rings is 1. The van der Waals surface area contributed by atoms with Crippen molar-refractivity contribution in [2.24, 2.45) is 0 Å². The zero-order chi connectivity index (χ0) is 16.5. The molecule has 0 bridgehead atoms. The van der Waals surface area contributed by atoms with Crippen molar-refractivity contribution in [3.8, 4) is 17.3 Å². The summed E-state index contributed by atoms with van der Waals surface area (Å²) in [5.41, 5.74) is -1.42. The Hall–Kier alpha value is -1.48. The molecule has 22 heavy (non-hydrogen) atoms. The first-order valence-corrected chi connectivity index (χ1v) is 6.96. The molecule has 2 aromatic rings. The predicted octanol–water partition coefficient (Wildman–Crippen LogP) is 5.79. The Morgan fingerprint density at radius 3 is 2.23 bits per heavy atom. The molecule has 0 atom stereocenters. The van der Waals surface area contributed by atoms with Crippen LogP contribution < -0.4 is 0 Å². The lowest BCUT2D eigenvalue weighted by Crippen LogP contribution is -2.12. The molecule has 0 saturated heterocycles. The number of rotatable bonds is 2. The standard InChI is InChI=1S/C14H6Cl3F3N2/c15-9-5-8(6-10(16)12(9)17)13-11(14(18,19)20)7(1-3-21)2-4-22-13/h2,4-6H,1H2. The first-order chi connectivity index (χ1) is 10.3. The van der Waals surface area contributed by atoms with Crippen LogP contribution in [-0.4, -0.2) is 4.98 Å². The largest absolute Gasteiger partial charge is 0.418 e. The monoisotopic (exact) mass is 364 g/mol. The van der Waals surface area contributed by atoms with Crippen LogP contribution in [0.1, 0.15) is 11.1 Å². The van der Waals surface area contributed by atoms with Crippen molar-refractivity contribution >= 4 is 34.8 Å². The smallest absolute Gasteiger partial charge is 0.256 e. The Kier molecular flexibility index (Phi) is 4.86. The maximum Gasteiger partial charge on any atom is 0.418 e. The van der Waals surface area contributed by atoms with Gasteiger partial charge in [-0.3, -0.25) is 4.98 Å². The molecule has 1 heterocycles. The summed E-state index contributed by atoms with van der Waals surface area (Å²) < 4.78 is 40.1. The third-order valence-corrected chi connectivity index (χ3v) is 4.04. The number of pyridine rings is 1. The fraction of sp³-hybridized carbons (Fsp3) is 0.143. The second-order valence-corrected chi connectivity index (χ2v) is 5.47. The first-order valence-electron chi connectivity index (χ1n) is 5.82. The van der Waals surface area contributed by atoms with Gasteiger partial charge in [-0.2, -0.15) is 18.4 Å². The van der Waals surface area contributed by atoms with E-state index in [0.29, 0.717) is 0 Å². The van der Waals surface area contributed by atoms with Crippen molar-refractivity contribution in [3.05, 3.63) is 50.6 Å². The van der Waals surface area contributed by atoms with Crippen LogP contribution in [-0.2, 0) is 12.6 Å². The van der Waals surface area contributed by atoms with E-state index in [-0.39, 0.29) is 38.3 Å². The predicted molar refractivity (Wildman–Crippen MR) is 79.0 cm³/mol. The summed E-state index contributed by atoms with van der Waals surface area (Å²) in [5.74, 6) is 0. The van der Waals surface area contributed by atoms with Crippen LogP contribution in [0.25, 0.3) is 11.3 Å². The Labute approximate surface area is 139 Å². The minimum atomic E-state index is -4.67. The third-order valence-electron chi connectivity index (χ3n) is 2.85. The molecule has 0 fully saturated rings. The van der Waals surface area contributed by atoms with Crippen LogP contribution in [0.5, 0.6) is 0 Å². The summed E-state index contributed by atoms with van der Waals surface area (Å²) in [4.78, 5) is 3.78. The summed E-state index contributed by atoms with van der Waals surface area (Å²) in [6.45, 7) is 0. The number of alkyl halides is 3. The fourth-order valence-corrected chi connectivity index (χ4v) is 2.56. The summed E-state index contributed by atoms with van der Waals surface area (Å²) in [6, 6.07) is 5.37. The van der Waals surface area contributed by atoms with Gasteiger partial charge in [-0.15, -0.1) is 0 Å². The molecule has 0 N–H and O–H groups in total. The number of nitriles is 1. The van der Waals surface area contributed by atoms with Crippen molar-refractivity contribution < 1.29 is 13.2 Å². The molecule has 0 amide bonds. The molecule has 2 rings (SSSR count). The molecule has 114 valence electrons. The van der Waals surface area contributed by atoms with Crippen LogP contribution in [0.15, 0.2) is 24.4 Å². The molecule has 0 aliphatic carbocycles. The average molecular weight is 366 g/mol. The molecule has 1 aromatic heterocycles. The van der Waals surface area contributed by atoms with E-state index in [2.05, 4.69) is 4.98 Å². The van der Waals surface area contributed by atoms with E-state index < -0.39 is 11.7 Å². The normalized spacial score (nSPS) is 11.3. The molecule has 2 nitrogen and oxygen atoms in total. The highest BCUT2D eigenvalue weighted by Gasteiger charge is 2.37. The van der Waals surface area contributed by atoms with Gasteiger partial charge in [0.15, 0.2) is 0 Å². The molecule has 1 aromatic carbocycles. The topological polar surface area (TPSA) is 36.7 Å². The van der Waals surface area contributed by atoms with Crippen LogP contribution in [0.2, 0.25) is 15.1 Å². The van der Waals surface area contributed by atoms with E-state index in [0.717, 1.165) is 6.07 Å². The van der Waals surface area contributed by atoms with Crippen molar-refractivity contribution in [3.63, 3.8) is 0 Å². The zero-order valence-electron chi connectivity index (χ0n) is 10.7. The Bertz CT molecular complexity index is 744. The minimum absolute atomic E-state index is 0.0183. The van der Waals surface area contributed by atoms with E-state index in [1.54, 1.807) is 6.07 Å². The van der Waals surface area contributed by atoms with E-state index in [4.69, 9.17) is 40.1 Å². The van der Waals surface area contributed by atoms with Crippen molar-refractivity contribution in [1.82, 2.24) is 4.98 Å². The van der Waals surface area contributed by atoms with Crippen LogP contribution in [0.4, 0.5) is 13.2 Å². The van der Waals surface area contributed by atoms with Crippen molar-refractivity contribution in [2.45, 2.75) is 12.6 Å². The van der Waals surface area contributed by atoms with E-state index >= 15 is 0 Å². The van der Waals surface area contributed by atoms with Crippen LogP contribution in [0, 0.1) is 11.3 Å². The van der Waals surface area contributed by atoms with Gasteiger partial charge in [0.25, 0.3) is 0 Å². The van der Waals surface area contributed by atoms with Gasteiger partial charge < -0.3 is 0 Å². The van der Waals surface area contributed by atoms with E-state index in [1.165, 1.54) is 18.3 Å². The summed E-state index contributed by atoms with van der Waals surface area (Å²) in [5, 5.41) is 8.78. The molecule has 0 aliphatic heterocycles. The highest BCUT2D eigenvalue weighted by Crippen LogP contribution is 2.41. The first kappa shape index (κ1) is 16.9. The molecular formula is C14H6Cl3F3N2. The lowest BCUT2D eigenvalue weighted by atomic mass is 9.99. The molecule has 0 aliphatic rings. The lowest BCUT2D eigenvalue weighted by molar-refractivity contribution is -0.137. The van der Waals surface area contributed by atoms with Gasteiger partial charge in [0, 0.05) is 11.8 Å². The SMILES string of the molecule is N#CCc1ccnc(-c2cc(Cl)c(Cl)c(Cl)c2)c1C(F)(F)F. The van der Waals surface area contributed by atoms with Gasteiger partial charge in [0.1, 0.15) is 0 Å². The minimum Gasteiger partial charge on any atom is -0.256 e. The number of halogens is 6. The lowest BCUT2D eigenvalue weighted by Gasteiger charge is -2.16. The molecule has 0 saturated carbocycles. The van der Waals surface area contributed by atoms with Gasteiger partial charge in [0.2, 0.25) is 0 Å². The summed E-state index contributed by atoms with van der Waals surface area (Å²) in [6.07, 6.45) is -3.86.